The molecule has 0 saturated carbocycles. The zero-order valence-electron chi connectivity index (χ0n) is 13.4. The summed E-state index contributed by atoms with van der Waals surface area (Å²) in [5.74, 6) is 0. The summed E-state index contributed by atoms with van der Waals surface area (Å²) in [5.41, 5.74) is 1.71. The topological polar surface area (TPSA) is 79.9 Å². The average Bonchev–Trinajstić information content (AvgIpc) is 2.59. The molecule has 2 rings (SSSR count). The molecule has 0 fully saturated rings. The Morgan fingerprint density at radius 2 is 2.17 bits per heavy atom. The molecule has 0 aliphatic rings. The van der Waals surface area contributed by atoms with Crippen LogP contribution in [0.15, 0.2) is 59.8 Å². The number of nitrogens with zero attached hydrogens (tertiary/aromatic N) is 2. The van der Waals surface area contributed by atoms with Crippen molar-refractivity contribution < 1.29 is 4.92 Å². The van der Waals surface area contributed by atoms with Crippen molar-refractivity contribution in [1.82, 2.24) is 4.98 Å². The summed E-state index contributed by atoms with van der Waals surface area (Å²) in [4.78, 5) is 14.3. The molecular formula is C18H19N3O2S. The molecule has 1 aromatic heterocycles. The van der Waals surface area contributed by atoms with Gasteiger partial charge in [0.2, 0.25) is 6.54 Å². The highest BCUT2D eigenvalue weighted by atomic mass is 32.2. The van der Waals surface area contributed by atoms with E-state index >= 15 is 0 Å². The maximum Gasteiger partial charge on any atom is 0.222 e. The molecule has 24 heavy (non-hydrogen) atoms. The van der Waals surface area contributed by atoms with Crippen LogP contribution in [0.2, 0.25) is 0 Å². The van der Waals surface area contributed by atoms with Gasteiger partial charge in [-0.25, -0.2) is 0 Å². The minimum absolute atomic E-state index is 0.172. The minimum Gasteiger partial charge on any atom is -0.293 e. The summed E-state index contributed by atoms with van der Waals surface area (Å²) in [6.07, 6.45) is 8.67. The average molecular weight is 341 g/mol. The Bertz CT molecular complexity index is 794. The van der Waals surface area contributed by atoms with E-state index in [0.29, 0.717) is 5.04 Å². The smallest absolute Gasteiger partial charge is 0.222 e. The summed E-state index contributed by atoms with van der Waals surface area (Å²) >= 11 is 1.28. The number of hydrogen-bond acceptors (Lipinski definition) is 5. The van der Waals surface area contributed by atoms with E-state index < -0.39 is 0 Å². The Morgan fingerprint density at radius 3 is 2.92 bits per heavy atom. The number of aromatic nitrogens is 1. The maximum absolute atomic E-state index is 10.5. The van der Waals surface area contributed by atoms with Crippen LogP contribution in [0.5, 0.6) is 0 Å². The quantitative estimate of drug-likeness (QED) is 0.258. The molecule has 0 atom stereocenters. The monoisotopic (exact) mass is 341 g/mol. The Balaban J connectivity index is 2.10. The first kappa shape index (κ1) is 17.9. The predicted molar refractivity (Wildman–Crippen MR) is 100 cm³/mol. The Morgan fingerprint density at radius 1 is 1.38 bits per heavy atom. The van der Waals surface area contributed by atoms with Crippen LogP contribution in [0.4, 0.5) is 0 Å². The van der Waals surface area contributed by atoms with E-state index in [1.54, 1.807) is 18.5 Å². The number of nitrogens with one attached hydrogen (secondary N) is 1. The molecule has 0 bridgehead atoms. The molecule has 1 heterocycles. The second kappa shape index (κ2) is 8.98. The molecule has 0 unspecified atom stereocenters. The standard InChI is InChI=1S/C18H19N3O2S/c1-2-5-14(8-10-21(22)23)9-11-24-18(19)17-13-20-12-15-6-3-4-7-16(15)17/h3-4,6-9,11-13,19H,2,5,10H2,1H3/b11-9+,14-8+,19-18?. The van der Waals surface area contributed by atoms with E-state index in [1.165, 1.54) is 11.8 Å². The van der Waals surface area contributed by atoms with Gasteiger partial charge in [0.15, 0.2) is 0 Å². The highest BCUT2D eigenvalue weighted by Gasteiger charge is 2.06. The molecule has 124 valence electrons. The van der Waals surface area contributed by atoms with Gasteiger partial charge in [-0.3, -0.25) is 20.5 Å². The van der Waals surface area contributed by atoms with Gasteiger partial charge >= 0.3 is 0 Å². The number of hydrogen-bond donors (Lipinski definition) is 1. The largest absolute Gasteiger partial charge is 0.293 e. The third-order valence-corrected chi connectivity index (χ3v) is 4.15. The van der Waals surface area contributed by atoms with Gasteiger partial charge in [0.25, 0.3) is 0 Å². The Kier molecular flexibility index (Phi) is 6.69. The molecule has 0 saturated heterocycles. The van der Waals surface area contributed by atoms with Gasteiger partial charge in [-0.1, -0.05) is 55.4 Å². The Labute approximate surface area is 145 Å². The van der Waals surface area contributed by atoms with Crippen LogP contribution in [0.1, 0.15) is 25.3 Å². The van der Waals surface area contributed by atoms with E-state index in [4.69, 9.17) is 5.41 Å². The van der Waals surface area contributed by atoms with Crippen LogP contribution in [0, 0.1) is 15.5 Å². The van der Waals surface area contributed by atoms with Crippen molar-refractivity contribution in [2.45, 2.75) is 19.8 Å². The molecular weight excluding hydrogens is 322 g/mol. The van der Waals surface area contributed by atoms with Gasteiger partial charge in [0.1, 0.15) is 5.04 Å². The molecule has 0 aliphatic carbocycles. The van der Waals surface area contributed by atoms with Gasteiger partial charge < -0.3 is 0 Å². The first-order chi connectivity index (χ1) is 11.6. The predicted octanol–water partition coefficient (Wildman–Crippen LogP) is 4.81. The van der Waals surface area contributed by atoms with Gasteiger partial charge in [-0.15, -0.1) is 0 Å². The van der Waals surface area contributed by atoms with Gasteiger partial charge in [0.05, 0.1) is 0 Å². The van der Waals surface area contributed by atoms with Crippen molar-refractivity contribution in [3.8, 4) is 0 Å². The van der Waals surface area contributed by atoms with E-state index in [9.17, 15) is 10.1 Å². The zero-order chi connectivity index (χ0) is 17.4. The third kappa shape index (κ3) is 5.03. The number of pyridine rings is 1. The zero-order valence-corrected chi connectivity index (χ0v) is 14.3. The van der Waals surface area contributed by atoms with E-state index in [0.717, 1.165) is 34.8 Å². The van der Waals surface area contributed by atoms with Crippen molar-refractivity contribution >= 4 is 27.6 Å². The first-order valence-electron chi connectivity index (χ1n) is 7.67. The summed E-state index contributed by atoms with van der Waals surface area (Å²) < 4.78 is 0. The van der Waals surface area contributed by atoms with Crippen LogP contribution < -0.4 is 0 Å². The molecule has 0 spiro atoms. The van der Waals surface area contributed by atoms with Crippen LogP contribution in [-0.4, -0.2) is 21.5 Å². The van der Waals surface area contributed by atoms with Crippen LogP contribution in [0.25, 0.3) is 10.8 Å². The lowest BCUT2D eigenvalue weighted by molar-refractivity contribution is -0.468. The fourth-order valence-corrected chi connectivity index (χ4v) is 2.95. The van der Waals surface area contributed by atoms with Crippen molar-refractivity contribution in [1.29, 1.82) is 5.41 Å². The van der Waals surface area contributed by atoms with Crippen LogP contribution >= 0.6 is 11.8 Å². The normalized spacial score (nSPS) is 12.0. The highest BCUT2D eigenvalue weighted by Crippen LogP contribution is 2.22. The summed E-state index contributed by atoms with van der Waals surface area (Å²) in [5, 5.41) is 23.0. The van der Waals surface area contributed by atoms with Crippen molar-refractivity contribution in [3.05, 3.63) is 75.5 Å². The highest BCUT2D eigenvalue weighted by molar-refractivity contribution is 8.16. The van der Waals surface area contributed by atoms with Gasteiger partial charge in [-0.05, 0) is 28.9 Å². The molecule has 0 amide bonds. The number of thioether (sulfide) groups is 1. The minimum atomic E-state index is -0.347. The molecule has 6 heteroatoms. The van der Waals surface area contributed by atoms with Crippen molar-refractivity contribution in [3.63, 3.8) is 0 Å². The van der Waals surface area contributed by atoms with Gasteiger partial charge in [-0.2, -0.15) is 0 Å². The third-order valence-electron chi connectivity index (χ3n) is 3.42. The van der Waals surface area contributed by atoms with Gasteiger partial charge in [0, 0.05) is 28.3 Å². The number of rotatable bonds is 7. The lowest BCUT2D eigenvalue weighted by atomic mass is 10.1. The number of fused-ring (bicyclic) bond motifs is 1. The molecule has 0 radical (unpaired) electrons. The first-order valence-corrected chi connectivity index (χ1v) is 8.55. The van der Waals surface area contributed by atoms with E-state index in [2.05, 4.69) is 4.98 Å². The Hall–Kier alpha value is -2.47. The lowest BCUT2D eigenvalue weighted by Crippen LogP contribution is -1.97. The molecule has 1 aromatic carbocycles. The van der Waals surface area contributed by atoms with E-state index in [1.807, 2.05) is 42.7 Å². The second-order valence-electron chi connectivity index (χ2n) is 5.20. The lowest BCUT2D eigenvalue weighted by Gasteiger charge is -2.05. The van der Waals surface area contributed by atoms with Crippen LogP contribution in [-0.2, 0) is 0 Å². The SMILES string of the molecule is CCCC(/C=C/SC(=N)c1cncc2ccccc12)=C\C[N+](=O)[O-]. The maximum atomic E-state index is 10.5. The summed E-state index contributed by atoms with van der Waals surface area (Å²) in [6, 6.07) is 7.84. The molecule has 0 aliphatic heterocycles. The fraction of sp³-hybridized carbons (Fsp3) is 0.222. The second-order valence-corrected chi connectivity index (χ2v) is 6.12. The summed E-state index contributed by atoms with van der Waals surface area (Å²) in [7, 11) is 0. The number of nitro groups is 1. The molecule has 5 nitrogen and oxygen atoms in total. The summed E-state index contributed by atoms with van der Waals surface area (Å²) in [6.45, 7) is 1.86. The van der Waals surface area contributed by atoms with Crippen LogP contribution in [0.3, 0.4) is 0 Å². The van der Waals surface area contributed by atoms with E-state index in [-0.39, 0.29) is 11.5 Å². The van der Waals surface area contributed by atoms with Crippen molar-refractivity contribution in [2.24, 2.45) is 0 Å². The fourth-order valence-electron chi connectivity index (χ4n) is 2.28. The van der Waals surface area contributed by atoms with Crippen molar-refractivity contribution in [2.75, 3.05) is 6.54 Å². The number of benzene rings is 1. The molecule has 2 aromatic rings. The number of allylic oxidation sites excluding steroid dienone is 2. The molecule has 1 N–H and O–H groups in total.